The molecular formula is C16H12F3N3. The molecule has 3 aromatic rings. The molecule has 0 aliphatic carbocycles. The van der Waals surface area contributed by atoms with Crippen molar-refractivity contribution >= 4 is 5.69 Å². The molecular weight excluding hydrogens is 291 g/mol. The first-order chi connectivity index (χ1) is 10.6. The van der Waals surface area contributed by atoms with Crippen LogP contribution in [0.25, 0.3) is 11.4 Å². The van der Waals surface area contributed by atoms with E-state index in [9.17, 15) is 13.2 Å². The number of hydrogen-bond acceptors (Lipinski definition) is 2. The van der Waals surface area contributed by atoms with Gasteiger partial charge in [0.2, 0.25) is 0 Å². The smallest absolute Gasteiger partial charge is 0.195 e. The molecule has 22 heavy (non-hydrogen) atoms. The Balaban J connectivity index is 1.99. The number of anilines is 1. The molecule has 0 spiro atoms. The van der Waals surface area contributed by atoms with E-state index in [4.69, 9.17) is 5.73 Å². The van der Waals surface area contributed by atoms with Crippen LogP contribution in [0.1, 0.15) is 5.56 Å². The lowest BCUT2D eigenvalue weighted by molar-refractivity contribution is 0.448. The number of benzene rings is 2. The summed E-state index contributed by atoms with van der Waals surface area (Å²) < 4.78 is 42.0. The van der Waals surface area contributed by atoms with Crippen LogP contribution in [-0.4, -0.2) is 9.55 Å². The van der Waals surface area contributed by atoms with Crippen molar-refractivity contribution in [3.8, 4) is 11.4 Å². The van der Waals surface area contributed by atoms with Gasteiger partial charge < -0.3 is 10.3 Å². The van der Waals surface area contributed by atoms with E-state index in [0.717, 1.165) is 11.6 Å². The van der Waals surface area contributed by atoms with Crippen LogP contribution in [0, 0.1) is 17.5 Å². The third-order valence-corrected chi connectivity index (χ3v) is 3.32. The molecule has 0 unspecified atom stereocenters. The number of rotatable bonds is 3. The van der Waals surface area contributed by atoms with Gasteiger partial charge in [-0.25, -0.2) is 18.2 Å². The minimum Gasteiger partial charge on any atom is -0.399 e. The molecule has 0 amide bonds. The molecule has 1 heterocycles. The molecule has 1 aromatic heterocycles. The van der Waals surface area contributed by atoms with Gasteiger partial charge in [-0.15, -0.1) is 0 Å². The lowest BCUT2D eigenvalue weighted by atomic mass is 10.1. The minimum atomic E-state index is -1.50. The van der Waals surface area contributed by atoms with Gasteiger partial charge in [0, 0.05) is 24.6 Å². The Morgan fingerprint density at radius 2 is 1.68 bits per heavy atom. The molecule has 0 aliphatic rings. The van der Waals surface area contributed by atoms with Crippen molar-refractivity contribution < 1.29 is 13.2 Å². The maximum absolute atomic E-state index is 13.9. The SMILES string of the molecule is Nc1ccc(Cn2ccnc2-c2ccc(F)c(F)c2F)cc1. The highest BCUT2D eigenvalue weighted by Crippen LogP contribution is 2.25. The Morgan fingerprint density at radius 1 is 0.955 bits per heavy atom. The van der Waals surface area contributed by atoms with Crippen LogP contribution in [0.3, 0.4) is 0 Å². The van der Waals surface area contributed by atoms with Gasteiger partial charge in [-0.3, -0.25) is 0 Å². The van der Waals surface area contributed by atoms with Gasteiger partial charge in [0.05, 0.1) is 5.56 Å². The molecule has 3 rings (SSSR count). The second kappa shape index (κ2) is 5.55. The van der Waals surface area contributed by atoms with Crippen molar-refractivity contribution in [2.75, 3.05) is 5.73 Å². The summed E-state index contributed by atoms with van der Waals surface area (Å²) in [4.78, 5) is 4.04. The van der Waals surface area contributed by atoms with Crippen LogP contribution in [0.5, 0.6) is 0 Å². The molecule has 0 atom stereocenters. The van der Waals surface area contributed by atoms with Gasteiger partial charge in [-0.1, -0.05) is 12.1 Å². The standard InChI is InChI=1S/C16H12F3N3/c17-13-6-5-12(14(18)15(13)19)16-21-7-8-22(16)9-10-1-3-11(20)4-2-10/h1-8H,9,20H2. The van der Waals surface area contributed by atoms with Crippen molar-refractivity contribution in [1.82, 2.24) is 9.55 Å². The van der Waals surface area contributed by atoms with Gasteiger partial charge in [0.15, 0.2) is 17.5 Å². The fraction of sp³-hybridized carbons (Fsp3) is 0.0625. The second-order valence-corrected chi connectivity index (χ2v) is 4.84. The summed E-state index contributed by atoms with van der Waals surface area (Å²) in [5.41, 5.74) is 7.11. The van der Waals surface area contributed by atoms with E-state index in [-0.39, 0.29) is 11.4 Å². The average molecular weight is 303 g/mol. The van der Waals surface area contributed by atoms with Gasteiger partial charge in [-0.2, -0.15) is 0 Å². The second-order valence-electron chi connectivity index (χ2n) is 4.84. The van der Waals surface area contributed by atoms with Crippen LogP contribution >= 0.6 is 0 Å². The number of halogens is 3. The first-order valence-corrected chi connectivity index (χ1v) is 6.55. The van der Waals surface area contributed by atoms with Crippen molar-refractivity contribution in [2.45, 2.75) is 6.54 Å². The Labute approximate surface area is 124 Å². The first-order valence-electron chi connectivity index (χ1n) is 6.55. The quantitative estimate of drug-likeness (QED) is 0.593. The summed E-state index contributed by atoms with van der Waals surface area (Å²) in [6.07, 6.45) is 3.12. The summed E-state index contributed by atoms with van der Waals surface area (Å²) >= 11 is 0. The van der Waals surface area contributed by atoms with Crippen molar-refractivity contribution in [3.63, 3.8) is 0 Å². The van der Waals surface area contributed by atoms with Crippen molar-refractivity contribution in [3.05, 3.63) is 71.8 Å². The molecule has 0 bridgehead atoms. The number of hydrogen-bond donors (Lipinski definition) is 1. The maximum atomic E-state index is 13.9. The highest BCUT2D eigenvalue weighted by atomic mass is 19.2. The van der Waals surface area contributed by atoms with E-state index in [1.165, 1.54) is 12.3 Å². The normalized spacial score (nSPS) is 10.9. The van der Waals surface area contributed by atoms with E-state index in [0.29, 0.717) is 12.2 Å². The zero-order valence-corrected chi connectivity index (χ0v) is 11.4. The number of nitrogens with zero attached hydrogens (tertiary/aromatic N) is 2. The molecule has 2 N–H and O–H groups in total. The number of aromatic nitrogens is 2. The van der Waals surface area contributed by atoms with Crippen molar-refractivity contribution in [1.29, 1.82) is 0 Å². The Morgan fingerprint density at radius 3 is 2.41 bits per heavy atom. The summed E-state index contributed by atoms with van der Waals surface area (Å²) in [6.45, 7) is 0.411. The zero-order chi connectivity index (χ0) is 15.7. The van der Waals surface area contributed by atoms with Crippen LogP contribution in [-0.2, 0) is 6.54 Å². The monoisotopic (exact) mass is 303 g/mol. The topological polar surface area (TPSA) is 43.8 Å². The largest absolute Gasteiger partial charge is 0.399 e. The summed E-state index contributed by atoms with van der Waals surface area (Å²) in [5.74, 6) is -3.74. The Bertz CT molecular complexity index is 810. The highest BCUT2D eigenvalue weighted by Gasteiger charge is 2.18. The van der Waals surface area contributed by atoms with Gasteiger partial charge in [-0.05, 0) is 29.8 Å². The fourth-order valence-electron chi connectivity index (χ4n) is 2.20. The van der Waals surface area contributed by atoms with Crippen LogP contribution in [0.15, 0.2) is 48.8 Å². The van der Waals surface area contributed by atoms with Crippen LogP contribution < -0.4 is 5.73 Å². The molecule has 0 fully saturated rings. The highest BCUT2D eigenvalue weighted by molar-refractivity contribution is 5.57. The molecule has 0 saturated carbocycles. The van der Waals surface area contributed by atoms with E-state index < -0.39 is 17.5 Å². The maximum Gasteiger partial charge on any atom is 0.195 e. The molecule has 0 saturated heterocycles. The molecule has 6 heteroatoms. The number of nitrogens with two attached hydrogens (primary N) is 1. The third-order valence-electron chi connectivity index (χ3n) is 3.32. The number of nitrogen functional groups attached to an aromatic ring is 1. The summed E-state index contributed by atoms with van der Waals surface area (Å²) in [7, 11) is 0. The zero-order valence-electron chi connectivity index (χ0n) is 11.4. The van der Waals surface area contributed by atoms with Crippen LogP contribution in [0.2, 0.25) is 0 Å². The van der Waals surface area contributed by atoms with Crippen molar-refractivity contribution in [2.24, 2.45) is 0 Å². The lowest BCUT2D eigenvalue weighted by Crippen LogP contribution is -2.04. The predicted molar refractivity (Wildman–Crippen MR) is 77.5 cm³/mol. The van der Waals surface area contributed by atoms with Gasteiger partial charge in [0.25, 0.3) is 0 Å². The van der Waals surface area contributed by atoms with Gasteiger partial charge in [0.1, 0.15) is 5.82 Å². The van der Waals surface area contributed by atoms with E-state index >= 15 is 0 Å². The average Bonchev–Trinajstić information content (AvgIpc) is 2.95. The Kier molecular flexibility index (Phi) is 3.58. The molecule has 2 aromatic carbocycles. The molecule has 0 radical (unpaired) electrons. The molecule has 112 valence electrons. The third kappa shape index (κ3) is 2.55. The molecule has 3 nitrogen and oxygen atoms in total. The van der Waals surface area contributed by atoms with Crippen LogP contribution in [0.4, 0.5) is 18.9 Å². The van der Waals surface area contributed by atoms with E-state index in [2.05, 4.69) is 4.98 Å². The molecule has 0 aliphatic heterocycles. The fourth-order valence-corrected chi connectivity index (χ4v) is 2.20. The lowest BCUT2D eigenvalue weighted by Gasteiger charge is -2.09. The number of imidazole rings is 1. The van der Waals surface area contributed by atoms with Gasteiger partial charge >= 0.3 is 0 Å². The summed E-state index contributed by atoms with van der Waals surface area (Å²) in [6, 6.07) is 9.24. The van der Waals surface area contributed by atoms with E-state index in [1.54, 1.807) is 22.9 Å². The summed E-state index contributed by atoms with van der Waals surface area (Å²) in [5, 5.41) is 0. The predicted octanol–water partition coefficient (Wildman–Crippen LogP) is 3.60. The minimum absolute atomic E-state index is 0.0839. The van der Waals surface area contributed by atoms with E-state index in [1.807, 2.05) is 12.1 Å². The first kappa shape index (κ1) is 14.2. The Hall–Kier alpha value is -2.76.